The van der Waals surface area contributed by atoms with Crippen molar-refractivity contribution in [3.8, 4) is 5.88 Å². The summed E-state index contributed by atoms with van der Waals surface area (Å²) in [7, 11) is 1.87. The zero-order valence-electron chi connectivity index (χ0n) is 21.3. The van der Waals surface area contributed by atoms with Gasteiger partial charge in [0, 0.05) is 55.9 Å². The molecule has 1 amide bonds. The topological polar surface area (TPSA) is 72.3 Å². The van der Waals surface area contributed by atoms with Gasteiger partial charge in [0.15, 0.2) is 6.61 Å². The van der Waals surface area contributed by atoms with Gasteiger partial charge in [-0.25, -0.2) is 13.8 Å². The number of ether oxygens (including phenoxy) is 1. The highest BCUT2D eigenvalue weighted by Gasteiger charge is 2.25. The third-order valence-electron chi connectivity index (χ3n) is 7.71. The lowest BCUT2D eigenvalue weighted by Gasteiger charge is -2.30. The van der Waals surface area contributed by atoms with Gasteiger partial charge in [0.05, 0.1) is 11.1 Å². The van der Waals surface area contributed by atoms with Crippen LogP contribution in [0, 0.1) is 5.92 Å². The van der Waals surface area contributed by atoms with Gasteiger partial charge in [0.2, 0.25) is 5.88 Å². The van der Waals surface area contributed by atoms with Crippen molar-refractivity contribution in [2.45, 2.75) is 57.4 Å². The molecule has 0 saturated heterocycles. The van der Waals surface area contributed by atoms with Gasteiger partial charge in [-0.05, 0) is 68.7 Å². The highest BCUT2D eigenvalue weighted by Crippen LogP contribution is 2.28. The maximum atomic E-state index is 13.0. The maximum absolute atomic E-state index is 13.0. The first-order valence-corrected chi connectivity index (χ1v) is 13.3. The largest absolute Gasteiger partial charge is 0.472 e. The molecule has 0 spiro atoms. The molecule has 3 aromatic rings. The lowest BCUT2D eigenvalue weighted by Crippen LogP contribution is -2.38. The van der Waals surface area contributed by atoms with E-state index in [0.717, 1.165) is 81.2 Å². The average molecular weight is 512 g/mol. The molecule has 1 aliphatic carbocycles. The highest BCUT2D eigenvalue weighted by atomic mass is 19.3. The molecule has 0 radical (unpaired) electrons. The number of halogens is 2. The number of nitrogens with zero attached hydrogens (tertiary/aromatic N) is 4. The van der Waals surface area contributed by atoms with Crippen LogP contribution in [0.25, 0.3) is 10.9 Å². The van der Waals surface area contributed by atoms with E-state index in [0.29, 0.717) is 11.5 Å². The van der Waals surface area contributed by atoms with Gasteiger partial charge in [-0.1, -0.05) is 12.1 Å². The number of fused-ring (bicyclic) bond motifs is 2. The van der Waals surface area contributed by atoms with Crippen molar-refractivity contribution in [3.63, 3.8) is 0 Å². The molecule has 0 unspecified atom stereocenters. The van der Waals surface area contributed by atoms with Crippen LogP contribution in [-0.4, -0.2) is 64.3 Å². The average Bonchev–Trinajstić information content (AvgIpc) is 3.16. The summed E-state index contributed by atoms with van der Waals surface area (Å²) < 4.78 is 31.7. The van der Waals surface area contributed by atoms with Gasteiger partial charge in [-0.15, -0.1) is 0 Å². The Morgan fingerprint density at radius 3 is 2.76 bits per heavy atom. The van der Waals surface area contributed by atoms with Crippen LogP contribution in [-0.2, 0) is 19.9 Å². The number of benzene rings is 1. The molecule has 37 heavy (non-hydrogen) atoms. The molecule has 5 rings (SSSR count). The van der Waals surface area contributed by atoms with E-state index in [1.807, 2.05) is 37.5 Å². The molecule has 1 fully saturated rings. The van der Waals surface area contributed by atoms with E-state index < -0.39 is 13.0 Å². The number of hydrogen-bond donors (Lipinski definition) is 1. The fourth-order valence-electron chi connectivity index (χ4n) is 5.64. The zero-order valence-corrected chi connectivity index (χ0v) is 21.3. The Bertz CT molecular complexity index is 1220. The number of aromatic nitrogens is 3. The van der Waals surface area contributed by atoms with Crippen LogP contribution in [0.4, 0.5) is 8.78 Å². The van der Waals surface area contributed by atoms with Crippen molar-refractivity contribution < 1.29 is 18.3 Å². The molecule has 7 nitrogen and oxygen atoms in total. The minimum atomic E-state index is -2.50. The van der Waals surface area contributed by atoms with Gasteiger partial charge >= 0.3 is 0 Å². The fraction of sp³-hybridized carbons (Fsp3) is 0.536. The number of hydrogen-bond acceptors (Lipinski definition) is 5. The van der Waals surface area contributed by atoms with Crippen molar-refractivity contribution in [2.75, 3.05) is 26.2 Å². The zero-order chi connectivity index (χ0) is 25.8. The molecule has 1 saturated carbocycles. The third kappa shape index (κ3) is 6.44. The van der Waals surface area contributed by atoms with Gasteiger partial charge < -0.3 is 15.0 Å². The minimum Gasteiger partial charge on any atom is -0.472 e. The summed E-state index contributed by atoms with van der Waals surface area (Å²) in [6.07, 6.45) is 6.56. The normalized spacial score (nSPS) is 20.5. The molecule has 1 aliphatic heterocycles. The smallest absolute Gasteiger partial charge is 0.272 e. The first kappa shape index (κ1) is 25.6. The van der Waals surface area contributed by atoms with Crippen molar-refractivity contribution in [2.24, 2.45) is 13.0 Å². The molecule has 198 valence electrons. The number of aryl methyl sites for hydroxylation is 1. The summed E-state index contributed by atoms with van der Waals surface area (Å²) in [5.74, 6) is 0.948. The monoisotopic (exact) mass is 511 g/mol. The molecule has 2 aromatic heterocycles. The Kier molecular flexibility index (Phi) is 7.98. The van der Waals surface area contributed by atoms with E-state index in [1.165, 1.54) is 5.56 Å². The molecule has 1 aromatic carbocycles. The summed E-state index contributed by atoms with van der Waals surface area (Å²) in [6, 6.07) is 9.58. The van der Waals surface area contributed by atoms with Gasteiger partial charge in [-0.2, -0.15) is 5.10 Å². The van der Waals surface area contributed by atoms with Crippen molar-refractivity contribution >= 4 is 16.8 Å². The van der Waals surface area contributed by atoms with Crippen molar-refractivity contribution in [1.29, 1.82) is 0 Å². The summed E-state index contributed by atoms with van der Waals surface area (Å²) in [6.45, 7) is 2.33. The van der Waals surface area contributed by atoms with E-state index in [-0.39, 0.29) is 17.8 Å². The van der Waals surface area contributed by atoms with Crippen LogP contribution in [0.2, 0.25) is 0 Å². The number of alkyl halides is 2. The number of rotatable bonds is 8. The minimum absolute atomic E-state index is 0.0115. The second kappa shape index (κ2) is 11.5. The van der Waals surface area contributed by atoms with Crippen LogP contribution in [0.15, 0.2) is 36.5 Å². The molecule has 0 atom stereocenters. The SMILES string of the molecule is Cn1cc2c(C(=O)N[C@H]3CC[C@H](CCN4CCc5ccc(OCC(F)F)nc5CC4)CC3)cccc2n1. The third-order valence-corrected chi connectivity index (χ3v) is 7.71. The van der Waals surface area contributed by atoms with Crippen LogP contribution in [0.3, 0.4) is 0 Å². The standard InChI is InChI=1S/C28H35F2N5O2/c1-34-17-23-22(3-2-4-25(23)33-34)28(36)31-21-8-5-19(6-9-21)11-14-35-15-12-20-7-10-27(37-18-26(29)30)32-24(20)13-16-35/h2-4,7,10,17,19,21,26H,5-6,8-9,11-16,18H2,1H3,(H,31,36)/t19-,21-. The first-order valence-electron chi connectivity index (χ1n) is 13.3. The predicted molar refractivity (Wildman–Crippen MR) is 138 cm³/mol. The summed E-state index contributed by atoms with van der Waals surface area (Å²) >= 11 is 0. The molecule has 9 heteroatoms. The molecular weight excluding hydrogens is 476 g/mol. The van der Waals surface area contributed by atoms with Crippen LogP contribution in [0.5, 0.6) is 5.88 Å². The lowest BCUT2D eigenvalue weighted by atomic mass is 9.84. The number of carbonyl (C=O) groups is 1. The van der Waals surface area contributed by atoms with E-state index in [4.69, 9.17) is 4.74 Å². The number of pyridine rings is 1. The molecule has 0 bridgehead atoms. The van der Waals surface area contributed by atoms with Crippen molar-refractivity contribution in [1.82, 2.24) is 25.0 Å². The Labute approximate surface area is 216 Å². The van der Waals surface area contributed by atoms with Gasteiger partial charge in [0.1, 0.15) is 0 Å². The quantitative estimate of drug-likeness (QED) is 0.486. The number of amides is 1. The summed E-state index contributed by atoms with van der Waals surface area (Å²) in [5, 5.41) is 8.55. The van der Waals surface area contributed by atoms with Crippen LogP contribution < -0.4 is 10.1 Å². The fourth-order valence-corrected chi connectivity index (χ4v) is 5.64. The Morgan fingerprint density at radius 1 is 1.14 bits per heavy atom. The Morgan fingerprint density at radius 2 is 1.95 bits per heavy atom. The van der Waals surface area contributed by atoms with E-state index in [2.05, 4.69) is 20.3 Å². The van der Waals surface area contributed by atoms with E-state index >= 15 is 0 Å². The van der Waals surface area contributed by atoms with Gasteiger partial charge in [-0.3, -0.25) is 9.48 Å². The number of carbonyl (C=O) groups excluding carboxylic acids is 1. The lowest BCUT2D eigenvalue weighted by molar-refractivity contribution is 0.0794. The van der Waals surface area contributed by atoms with Crippen molar-refractivity contribution in [3.05, 3.63) is 53.3 Å². The first-order chi connectivity index (χ1) is 17.9. The second-order valence-corrected chi connectivity index (χ2v) is 10.3. The van der Waals surface area contributed by atoms with Gasteiger partial charge in [0.25, 0.3) is 12.3 Å². The summed E-state index contributed by atoms with van der Waals surface area (Å²) in [5.41, 5.74) is 3.68. The Balaban J connectivity index is 1.06. The predicted octanol–water partition coefficient (Wildman–Crippen LogP) is 4.39. The van der Waals surface area contributed by atoms with E-state index in [9.17, 15) is 13.6 Å². The maximum Gasteiger partial charge on any atom is 0.272 e. The number of nitrogens with one attached hydrogen (secondary N) is 1. The second-order valence-electron chi connectivity index (χ2n) is 10.3. The van der Waals surface area contributed by atoms with Crippen LogP contribution >= 0.6 is 0 Å². The molecular formula is C28H35F2N5O2. The molecule has 1 N–H and O–H groups in total. The highest BCUT2D eigenvalue weighted by molar-refractivity contribution is 6.06. The molecule has 2 aliphatic rings. The van der Waals surface area contributed by atoms with E-state index in [1.54, 1.807) is 10.7 Å². The van der Waals surface area contributed by atoms with Crippen LogP contribution in [0.1, 0.15) is 53.7 Å². The summed E-state index contributed by atoms with van der Waals surface area (Å²) in [4.78, 5) is 19.9. The molecule has 3 heterocycles. The Hall–Kier alpha value is -3.07.